The fourth-order valence-corrected chi connectivity index (χ4v) is 2.31. The second-order valence-corrected chi connectivity index (χ2v) is 6.00. The van der Waals surface area contributed by atoms with Gasteiger partial charge in [-0.1, -0.05) is 73.8 Å². The van der Waals surface area contributed by atoms with Gasteiger partial charge in [-0.3, -0.25) is 0 Å². The number of aromatic nitrogens is 1. The van der Waals surface area contributed by atoms with E-state index < -0.39 is 5.97 Å². The zero-order valence-electron chi connectivity index (χ0n) is 12.5. The van der Waals surface area contributed by atoms with E-state index in [9.17, 15) is 4.79 Å². The van der Waals surface area contributed by atoms with Crippen LogP contribution in [0, 0.1) is 0 Å². The van der Waals surface area contributed by atoms with Crippen LogP contribution in [0.1, 0.15) is 45.4 Å². The zero-order valence-corrected chi connectivity index (χ0v) is 14.8. The minimum Gasteiger partial charge on any atom is -0.465 e. The fraction of sp³-hybridized carbons (Fsp3) is 0.600. The van der Waals surface area contributed by atoms with Crippen molar-refractivity contribution in [3.63, 3.8) is 0 Å². The number of pyridine rings is 1. The summed E-state index contributed by atoms with van der Waals surface area (Å²) in [5.41, 5.74) is 0. The second-order valence-electron chi connectivity index (χ2n) is 4.82. The third-order valence-electron chi connectivity index (χ3n) is 2.94. The van der Waals surface area contributed by atoms with Gasteiger partial charge in [0.1, 0.15) is 5.02 Å². The van der Waals surface area contributed by atoms with Crippen molar-refractivity contribution < 1.29 is 14.3 Å². The predicted molar refractivity (Wildman–Crippen MR) is 89.1 cm³/mol. The monoisotopic (exact) mass is 367 g/mol. The summed E-state index contributed by atoms with van der Waals surface area (Å²) in [6.07, 6.45) is 6.80. The van der Waals surface area contributed by atoms with E-state index in [-0.39, 0.29) is 27.7 Å². The van der Waals surface area contributed by atoms with E-state index in [4.69, 9.17) is 44.3 Å². The molecule has 0 saturated heterocycles. The van der Waals surface area contributed by atoms with Crippen molar-refractivity contribution in [2.45, 2.75) is 45.4 Å². The van der Waals surface area contributed by atoms with Gasteiger partial charge in [-0.05, 0) is 12.5 Å². The molecule has 0 unspecified atom stereocenters. The molecule has 1 aromatic rings. The summed E-state index contributed by atoms with van der Waals surface area (Å²) in [4.78, 5) is 15.4. The molecule has 0 amide bonds. The van der Waals surface area contributed by atoms with E-state index in [0.717, 1.165) is 12.8 Å². The number of rotatable bonds is 10. The summed E-state index contributed by atoms with van der Waals surface area (Å²) >= 11 is 17.4. The smallest absolute Gasteiger partial charge is 0.344 e. The Bertz CT molecular complexity index is 483. The van der Waals surface area contributed by atoms with E-state index in [0.29, 0.717) is 6.61 Å². The lowest BCUT2D eigenvalue weighted by Crippen LogP contribution is -2.16. The summed E-state index contributed by atoms with van der Waals surface area (Å²) in [6, 6.07) is 1.41. The maximum Gasteiger partial charge on any atom is 0.344 e. The molecule has 1 aromatic heterocycles. The number of halogens is 3. The second kappa shape index (κ2) is 10.9. The Morgan fingerprint density at radius 2 is 1.77 bits per heavy atom. The molecule has 0 spiro atoms. The van der Waals surface area contributed by atoms with Crippen LogP contribution in [0.4, 0.5) is 0 Å². The molecule has 7 heteroatoms. The third-order valence-corrected chi connectivity index (χ3v) is 3.89. The molecule has 1 rings (SSSR count). The average molecular weight is 369 g/mol. The molecule has 0 aliphatic rings. The molecule has 0 aromatic carbocycles. The van der Waals surface area contributed by atoms with Gasteiger partial charge in [0.25, 0.3) is 0 Å². The maximum atomic E-state index is 11.5. The van der Waals surface area contributed by atoms with Gasteiger partial charge in [-0.15, -0.1) is 0 Å². The summed E-state index contributed by atoms with van der Waals surface area (Å²) < 4.78 is 10.3. The van der Waals surface area contributed by atoms with Crippen LogP contribution in [-0.4, -0.2) is 24.2 Å². The van der Waals surface area contributed by atoms with Crippen LogP contribution in [0.15, 0.2) is 6.07 Å². The first-order valence-corrected chi connectivity index (χ1v) is 8.48. The first-order chi connectivity index (χ1) is 10.5. The van der Waals surface area contributed by atoms with Gasteiger partial charge in [0.2, 0.25) is 5.88 Å². The molecule has 1 heterocycles. The van der Waals surface area contributed by atoms with Gasteiger partial charge >= 0.3 is 5.97 Å². The standard InChI is InChI=1S/C15H20Cl3NO3/c1-2-3-4-5-6-7-8-21-13(20)10-22-15-12(17)9-11(16)14(18)19-15/h9H,2-8,10H2,1H3. The molecule has 0 radical (unpaired) electrons. The highest BCUT2D eigenvalue weighted by Gasteiger charge is 2.11. The lowest BCUT2D eigenvalue weighted by Gasteiger charge is -2.08. The Kier molecular flexibility index (Phi) is 9.60. The lowest BCUT2D eigenvalue weighted by molar-refractivity contribution is -0.146. The van der Waals surface area contributed by atoms with Crippen LogP contribution < -0.4 is 4.74 Å². The van der Waals surface area contributed by atoms with Crippen molar-refractivity contribution in [3.8, 4) is 5.88 Å². The highest BCUT2D eigenvalue weighted by Crippen LogP contribution is 2.30. The number of esters is 1. The molecular weight excluding hydrogens is 349 g/mol. The van der Waals surface area contributed by atoms with E-state index in [2.05, 4.69) is 11.9 Å². The van der Waals surface area contributed by atoms with Gasteiger partial charge in [-0.2, -0.15) is 4.98 Å². The minimum atomic E-state index is -0.461. The summed E-state index contributed by atoms with van der Waals surface area (Å²) in [7, 11) is 0. The molecule has 124 valence electrons. The van der Waals surface area contributed by atoms with Crippen LogP contribution in [0.3, 0.4) is 0 Å². The number of hydrogen-bond donors (Lipinski definition) is 0. The first kappa shape index (κ1) is 19.3. The van der Waals surface area contributed by atoms with Crippen LogP contribution in [0.2, 0.25) is 15.2 Å². The van der Waals surface area contributed by atoms with Crippen molar-refractivity contribution in [2.75, 3.05) is 13.2 Å². The molecule has 0 aliphatic heterocycles. The van der Waals surface area contributed by atoms with Crippen LogP contribution >= 0.6 is 34.8 Å². The fourth-order valence-electron chi connectivity index (χ4n) is 1.77. The van der Waals surface area contributed by atoms with Crippen molar-refractivity contribution in [1.29, 1.82) is 0 Å². The van der Waals surface area contributed by atoms with Gasteiger partial charge in [-0.25, -0.2) is 4.79 Å². The highest BCUT2D eigenvalue weighted by atomic mass is 35.5. The largest absolute Gasteiger partial charge is 0.465 e. The SMILES string of the molecule is CCCCCCCCOC(=O)COc1nc(Cl)c(Cl)cc1Cl. The quantitative estimate of drug-likeness (QED) is 0.318. The third kappa shape index (κ3) is 7.52. The molecule has 0 N–H and O–H groups in total. The van der Waals surface area contributed by atoms with Crippen molar-refractivity contribution in [2.24, 2.45) is 0 Å². The number of hydrogen-bond acceptors (Lipinski definition) is 4. The molecule has 0 saturated carbocycles. The Labute approximate surface area is 146 Å². The van der Waals surface area contributed by atoms with Crippen molar-refractivity contribution in [3.05, 3.63) is 21.3 Å². The van der Waals surface area contributed by atoms with E-state index in [1.807, 2.05) is 0 Å². The van der Waals surface area contributed by atoms with Gasteiger partial charge in [0.15, 0.2) is 11.8 Å². The molecule has 4 nitrogen and oxygen atoms in total. The molecule has 0 aliphatic carbocycles. The number of ether oxygens (including phenoxy) is 2. The Morgan fingerprint density at radius 3 is 2.50 bits per heavy atom. The molecule has 0 fully saturated rings. The average Bonchev–Trinajstić information content (AvgIpc) is 2.48. The topological polar surface area (TPSA) is 48.4 Å². The van der Waals surface area contributed by atoms with E-state index in [1.54, 1.807) is 0 Å². The number of carbonyl (C=O) groups excluding carboxylic acids is 1. The normalized spacial score (nSPS) is 10.5. The van der Waals surface area contributed by atoms with E-state index in [1.165, 1.54) is 31.7 Å². The van der Waals surface area contributed by atoms with Crippen LogP contribution in [0.5, 0.6) is 5.88 Å². The number of carbonyl (C=O) groups is 1. The molecular formula is C15H20Cl3NO3. The number of unbranched alkanes of at least 4 members (excludes halogenated alkanes) is 5. The maximum absolute atomic E-state index is 11.5. The summed E-state index contributed by atoms with van der Waals surface area (Å²) in [5, 5.41) is 0.490. The van der Waals surface area contributed by atoms with Crippen LogP contribution in [0.25, 0.3) is 0 Å². The Hall–Kier alpha value is -0.710. The minimum absolute atomic E-state index is 0.0626. The lowest BCUT2D eigenvalue weighted by atomic mass is 10.1. The van der Waals surface area contributed by atoms with Crippen molar-refractivity contribution >= 4 is 40.8 Å². The molecule has 22 heavy (non-hydrogen) atoms. The van der Waals surface area contributed by atoms with Gasteiger partial charge < -0.3 is 9.47 Å². The Morgan fingerprint density at radius 1 is 1.09 bits per heavy atom. The van der Waals surface area contributed by atoms with Gasteiger partial charge in [0, 0.05) is 0 Å². The Balaban J connectivity index is 2.19. The molecule has 0 bridgehead atoms. The first-order valence-electron chi connectivity index (χ1n) is 7.34. The number of nitrogens with zero attached hydrogens (tertiary/aromatic N) is 1. The van der Waals surface area contributed by atoms with Crippen LogP contribution in [-0.2, 0) is 9.53 Å². The highest BCUT2D eigenvalue weighted by molar-refractivity contribution is 6.42. The summed E-state index contributed by atoms with van der Waals surface area (Å²) in [6.45, 7) is 2.31. The van der Waals surface area contributed by atoms with Crippen molar-refractivity contribution in [1.82, 2.24) is 4.98 Å². The van der Waals surface area contributed by atoms with E-state index >= 15 is 0 Å². The zero-order chi connectivity index (χ0) is 16.4. The molecule has 0 atom stereocenters. The predicted octanol–water partition coefficient (Wildman–Crippen LogP) is 5.32. The summed E-state index contributed by atoms with van der Waals surface area (Å²) in [5.74, 6) is -0.398. The van der Waals surface area contributed by atoms with Gasteiger partial charge in [0.05, 0.1) is 11.6 Å².